The van der Waals surface area contributed by atoms with Crippen molar-refractivity contribution in [2.75, 3.05) is 17.9 Å². The molecular formula is C23H30N2O2S. The van der Waals surface area contributed by atoms with Crippen LogP contribution in [0.15, 0.2) is 53.4 Å². The summed E-state index contributed by atoms with van der Waals surface area (Å²) < 4.78 is 2.39. The molecule has 2 unspecified atom stereocenters. The van der Waals surface area contributed by atoms with Crippen molar-refractivity contribution in [1.29, 1.82) is 0 Å². The van der Waals surface area contributed by atoms with Crippen LogP contribution in [0.4, 0.5) is 5.69 Å². The lowest BCUT2D eigenvalue weighted by molar-refractivity contribution is -0.137. The van der Waals surface area contributed by atoms with Gasteiger partial charge in [0, 0.05) is 18.4 Å². The van der Waals surface area contributed by atoms with E-state index in [-0.39, 0.29) is 23.1 Å². The number of para-hydroxylation sites is 1. The minimum absolute atomic E-state index is 0.0742. The molecule has 5 heteroatoms. The molecule has 0 fully saturated rings. The van der Waals surface area contributed by atoms with Crippen LogP contribution in [-0.4, -0.2) is 30.0 Å². The van der Waals surface area contributed by atoms with Crippen LogP contribution in [0.1, 0.15) is 56.2 Å². The minimum Gasteiger partial charge on any atom is -0.481 e. The van der Waals surface area contributed by atoms with Gasteiger partial charge in [-0.15, -0.1) is 0 Å². The summed E-state index contributed by atoms with van der Waals surface area (Å²) in [5.41, 5.74) is 3.95. The number of nitrogens with one attached hydrogen (secondary N) is 1. The van der Waals surface area contributed by atoms with E-state index in [1.807, 2.05) is 0 Å². The standard InChI is InChI=1S/C23H30N2O2S/c1-3-28-21-15-10-8-13-19(21)23(18-12-7-9-14-20(18)25(28)2)24-17-11-5-4-6-16-22(26)27/h3,7-10,12-15,23-24H,4-6,11,16-17H2,1-2H3,(H,26,27). The third kappa shape index (κ3) is 4.65. The predicted octanol–water partition coefficient (Wildman–Crippen LogP) is 5.22. The van der Waals surface area contributed by atoms with Gasteiger partial charge in [-0.2, -0.15) is 0 Å². The Morgan fingerprint density at radius 2 is 1.75 bits per heavy atom. The number of fused-ring (bicyclic) bond motifs is 2. The molecule has 2 aromatic carbocycles. The van der Waals surface area contributed by atoms with Crippen molar-refractivity contribution in [3.8, 4) is 0 Å². The van der Waals surface area contributed by atoms with Gasteiger partial charge in [-0.25, -0.2) is 0 Å². The molecule has 2 N–H and O–H groups in total. The van der Waals surface area contributed by atoms with Crippen LogP contribution in [0.25, 0.3) is 0 Å². The van der Waals surface area contributed by atoms with Gasteiger partial charge < -0.3 is 14.7 Å². The summed E-state index contributed by atoms with van der Waals surface area (Å²) in [7, 11) is 2.11. The van der Waals surface area contributed by atoms with Crippen molar-refractivity contribution >= 4 is 27.7 Å². The first kappa shape index (κ1) is 20.6. The number of aliphatic carboxylic acids is 1. The second-order valence-corrected chi connectivity index (χ2v) is 9.18. The SMILES string of the molecule is CC=S1c2ccccc2C(NCCCCCCC(=O)O)c2ccccc2N1C. The highest BCUT2D eigenvalue weighted by atomic mass is 32.2. The van der Waals surface area contributed by atoms with Gasteiger partial charge in [0.15, 0.2) is 0 Å². The van der Waals surface area contributed by atoms with Crippen LogP contribution < -0.4 is 9.62 Å². The van der Waals surface area contributed by atoms with Gasteiger partial charge in [0.05, 0.1) is 11.7 Å². The Bertz CT molecular complexity index is 850. The number of nitrogens with zero attached hydrogens (tertiary/aromatic N) is 1. The molecule has 28 heavy (non-hydrogen) atoms. The monoisotopic (exact) mass is 398 g/mol. The lowest BCUT2D eigenvalue weighted by Gasteiger charge is -2.24. The fourth-order valence-electron chi connectivity index (χ4n) is 3.86. The molecule has 4 nitrogen and oxygen atoms in total. The predicted molar refractivity (Wildman–Crippen MR) is 119 cm³/mol. The van der Waals surface area contributed by atoms with Crippen LogP contribution in [0, 0.1) is 0 Å². The Kier molecular flexibility index (Phi) is 7.29. The summed E-state index contributed by atoms with van der Waals surface area (Å²) in [4.78, 5) is 12.0. The first-order chi connectivity index (χ1) is 13.6. The number of benzene rings is 2. The van der Waals surface area contributed by atoms with Gasteiger partial charge in [-0.1, -0.05) is 59.9 Å². The summed E-state index contributed by atoms with van der Waals surface area (Å²) >= 11 is 0. The molecule has 150 valence electrons. The third-order valence-electron chi connectivity index (χ3n) is 5.23. The van der Waals surface area contributed by atoms with Crippen molar-refractivity contribution in [2.24, 2.45) is 0 Å². The average molecular weight is 399 g/mol. The zero-order valence-electron chi connectivity index (χ0n) is 16.7. The maximum atomic E-state index is 10.6. The van der Waals surface area contributed by atoms with Crippen molar-refractivity contribution in [3.05, 3.63) is 59.7 Å². The number of carboxylic acid groups (broad SMARTS) is 1. The lowest BCUT2D eigenvalue weighted by atomic mass is 9.96. The normalized spacial score (nSPS) is 18.4. The van der Waals surface area contributed by atoms with Crippen LogP contribution in [0.5, 0.6) is 0 Å². The van der Waals surface area contributed by atoms with Crippen molar-refractivity contribution in [3.63, 3.8) is 0 Å². The van der Waals surface area contributed by atoms with Crippen LogP contribution in [-0.2, 0) is 4.79 Å². The van der Waals surface area contributed by atoms with Gasteiger partial charge in [0.1, 0.15) is 0 Å². The van der Waals surface area contributed by atoms with E-state index < -0.39 is 5.97 Å². The van der Waals surface area contributed by atoms with Crippen molar-refractivity contribution < 1.29 is 9.90 Å². The maximum Gasteiger partial charge on any atom is 0.303 e. The molecule has 2 aromatic rings. The molecular weight excluding hydrogens is 368 g/mol. The van der Waals surface area contributed by atoms with Gasteiger partial charge in [-0.3, -0.25) is 4.79 Å². The summed E-state index contributed by atoms with van der Waals surface area (Å²) in [6, 6.07) is 17.6. The summed E-state index contributed by atoms with van der Waals surface area (Å²) in [6.07, 6.45) is 4.14. The van der Waals surface area contributed by atoms with Gasteiger partial charge in [0.2, 0.25) is 0 Å². The Hall–Kier alpha value is -2.11. The van der Waals surface area contributed by atoms with Crippen LogP contribution in [0.2, 0.25) is 0 Å². The molecule has 0 saturated heterocycles. The van der Waals surface area contributed by atoms with Crippen LogP contribution >= 0.6 is 10.7 Å². The Morgan fingerprint density at radius 3 is 2.50 bits per heavy atom. The van der Waals surface area contributed by atoms with Crippen molar-refractivity contribution in [2.45, 2.75) is 50.0 Å². The molecule has 0 aliphatic carbocycles. The highest BCUT2D eigenvalue weighted by Crippen LogP contribution is 2.46. The molecule has 0 saturated carbocycles. The van der Waals surface area contributed by atoms with E-state index >= 15 is 0 Å². The Balaban J connectivity index is 1.78. The average Bonchev–Trinajstić information content (AvgIpc) is 2.80. The molecule has 0 aromatic heterocycles. The Morgan fingerprint density at radius 1 is 1.07 bits per heavy atom. The van der Waals surface area contributed by atoms with Gasteiger partial charge in [0.25, 0.3) is 0 Å². The number of carboxylic acids is 1. The van der Waals surface area contributed by atoms with E-state index in [1.165, 1.54) is 21.7 Å². The first-order valence-corrected chi connectivity index (χ1v) is 11.3. The van der Waals surface area contributed by atoms with E-state index in [4.69, 9.17) is 5.11 Å². The summed E-state index contributed by atoms with van der Waals surface area (Å²) in [5, 5.41) is 14.8. The van der Waals surface area contributed by atoms with Gasteiger partial charge in [-0.05, 0) is 54.9 Å². The second kappa shape index (κ2) is 9.89. The molecule has 0 radical (unpaired) electrons. The Labute approximate surface area is 170 Å². The molecule has 0 spiro atoms. The number of unbranched alkanes of at least 4 members (excludes halogenated alkanes) is 3. The molecule has 1 aliphatic heterocycles. The second-order valence-electron chi connectivity index (χ2n) is 7.09. The quantitative estimate of drug-likeness (QED) is 0.473. The number of carbonyl (C=O) groups is 1. The van der Waals surface area contributed by atoms with E-state index in [1.54, 1.807) is 0 Å². The molecule has 2 atom stereocenters. The number of anilines is 1. The highest BCUT2D eigenvalue weighted by molar-refractivity contribution is 8.16. The summed E-state index contributed by atoms with van der Waals surface area (Å²) in [6.45, 7) is 3.07. The van der Waals surface area contributed by atoms with Gasteiger partial charge >= 0.3 is 5.97 Å². The molecule has 0 amide bonds. The largest absolute Gasteiger partial charge is 0.481 e. The third-order valence-corrected chi connectivity index (χ3v) is 7.28. The molecule has 1 aliphatic rings. The van der Waals surface area contributed by atoms with E-state index in [0.717, 1.165) is 32.2 Å². The minimum atomic E-state index is -0.697. The number of rotatable bonds is 8. The summed E-state index contributed by atoms with van der Waals surface area (Å²) in [5.74, 6) is -0.697. The topological polar surface area (TPSA) is 52.6 Å². The highest BCUT2D eigenvalue weighted by Gasteiger charge is 2.27. The zero-order chi connectivity index (χ0) is 19.9. The first-order valence-electron chi connectivity index (χ1n) is 10.0. The molecule has 1 heterocycles. The fraction of sp³-hybridized carbons (Fsp3) is 0.391. The fourth-order valence-corrected chi connectivity index (χ4v) is 5.74. The smallest absolute Gasteiger partial charge is 0.303 e. The molecule has 3 rings (SSSR count). The lowest BCUT2D eigenvalue weighted by Crippen LogP contribution is -2.24. The van der Waals surface area contributed by atoms with Crippen molar-refractivity contribution in [1.82, 2.24) is 5.32 Å². The van der Waals surface area contributed by atoms with Crippen LogP contribution in [0.3, 0.4) is 0 Å². The van der Waals surface area contributed by atoms with E-state index in [9.17, 15) is 4.79 Å². The number of hydrogen-bond acceptors (Lipinski definition) is 3. The maximum absolute atomic E-state index is 10.6. The number of hydrogen-bond donors (Lipinski definition) is 2. The van der Waals surface area contributed by atoms with E-state index in [2.05, 4.69) is 77.5 Å². The zero-order valence-corrected chi connectivity index (χ0v) is 17.5. The molecule has 0 bridgehead atoms. The van der Waals surface area contributed by atoms with E-state index in [0.29, 0.717) is 0 Å².